The van der Waals surface area contributed by atoms with E-state index in [0.29, 0.717) is 61.1 Å². The lowest BCUT2D eigenvalue weighted by atomic mass is 9.86. The summed E-state index contributed by atoms with van der Waals surface area (Å²) in [6.07, 6.45) is 0. The van der Waals surface area contributed by atoms with E-state index >= 15 is 0 Å². The van der Waals surface area contributed by atoms with Gasteiger partial charge in [-0.15, -0.1) is 0 Å². The summed E-state index contributed by atoms with van der Waals surface area (Å²) < 4.78 is 26.7. The number of benzene rings is 2. The zero-order valence-electron chi connectivity index (χ0n) is 17.5. The van der Waals surface area contributed by atoms with E-state index in [0.717, 1.165) is 16.5 Å². The van der Waals surface area contributed by atoms with E-state index in [2.05, 4.69) is 5.32 Å². The van der Waals surface area contributed by atoms with Crippen LogP contribution in [0.1, 0.15) is 5.56 Å². The predicted octanol–water partition coefficient (Wildman–Crippen LogP) is 3.80. The zero-order valence-corrected chi connectivity index (χ0v) is 19.1. The summed E-state index contributed by atoms with van der Waals surface area (Å²) >= 11 is 6.26. The fraction of sp³-hybridized carbons (Fsp3) is 0.364. The van der Waals surface area contributed by atoms with E-state index in [1.165, 1.54) is 0 Å². The highest BCUT2D eigenvalue weighted by molar-refractivity contribution is 8.24. The van der Waals surface area contributed by atoms with Gasteiger partial charge in [-0.2, -0.15) is 15.6 Å². The summed E-state index contributed by atoms with van der Waals surface area (Å²) in [7, 11) is -2.86. The molecule has 1 saturated heterocycles. The first-order chi connectivity index (χ1) is 15.4. The Bertz CT molecular complexity index is 1150. The highest BCUT2D eigenvalue weighted by Gasteiger charge is 2.37. The van der Waals surface area contributed by atoms with Crippen LogP contribution in [0.5, 0.6) is 0 Å². The first kappa shape index (κ1) is 21.7. The molecule has 3 aromatic rings. The number of anilines is 2. The molecular formula is C22H26ClN5O3S. The second-order valence-corrected chi connectivity index (χ2v) is 11.1. The van der Waals surface area contributed by atoms with Crippen molar-refractivity contribution in [2.75, 3.05) is 48.8 Å². The maximum Gasteiger partial charge on any atom is 0.228 e. The number of aromatic nitrogens is 2. The third-order valence-corrected chi connectivity index (χ3v) is 8.23. The largest absolute Gasteiger partial charge is 0.380 e. The maximum absolute atomic E-state index is 10.7. The Kier molecular flexibility index (Phi) is 5.65. The van der Waals surface area contributed by atoms with Gasteiger partial charge in [-0.25, -0.2) is 4.98 Å². The Morgan fingerprint density at radius 1 is 1.19 bits per heavy atom. The van der Waals surface area contributed by atoms with Gasteiger partial charge in [-0.3, -0.25) is 9.11 Å². The summed E-state index contributed by atoms with van der Waals surface area (Å²) in [4.78, 5) is 12.2. The molecular weight excluding hydrogens is 450 g/mol. The van der Waals surface area contributed by atoms with Crippen molar-refractivity contribution in [3.63, 3.8) is 0 Å². The van der Waals surface area contributed by atoms with Gasteiger partial charge < -0.3 is 20.7 Å². The van der Waals surface area contributed by atoms with Crippen LogP contribution in [0.2, 0.25) is 5.02 Å². The van der Waals surface area contributed by atoms with Crippen LogP contribution < -0.4 is 16.0 Å². The molecule has 0 bridgehead atoms. The molecule has 5 N–H and O–H groups in total. The van der Waals surface area contributed by atoms with E-state index in [9.17, 15) is 9.11 Å². The summed E-state index contributed by atoms with van der Waals surface area (Å²) in [5.74, 6) is 1.43. The highest BCUT2D eigenvalue weighted by Crippen LogP contribution is 2.51. The number of nitrogens with two attached hydrogens (primary N) is 1. The number of hydrogen-bond donors (Lipinski definition) is 4. The molecule has 0 spiro atoms. The van der Waals surface area contributed by atoms with Crippen molar-refractivity contribution in [1.29, 1.82) is 0 Å². The Hall–Kier alpha value is -2.14. The van der Waals surface area contributed by atoms with Gasteiger partial charge in [0.25, 0.3) is 0 Å². The minimum Gasteiger partial charge on any atom is -0.380 e. The van der Waals surface area contributed by atoms with Gasteiger partial charge in [0.05, 0.1) is 29.4 Å². The molecule has 2 aliphatic heterocycles. The summed E-state index contributed by atoms with van der Waals surface area (Å²) in [5, 5.41) is 4.88. The van der Waals surface area contributed by atoms with Crippen LogP contribution in [-0.4, -0.2) is 57.7 Å². The molecule has 8 nitrogen and oxygen atoms in total. The molecule has 10 heteroatoms. The zero-order chi connectivity index (χ0) is 22.3. The molecule has 0 atom stereocenters. The molecule has 2 aromatic carbocycles. The first-order valence-corrected chi connectivity index (χ1v) is 12.6. The number of ether oxygens (including phenoxy) is 1. The van der Waals surface area contributed by atoms with E-state index in [4.69, 9.17) is 32.0 Å². The Morgan fingerprint density at radius 2 is 2.00 bits per heavy atom. The van der Waals surface area contributed by atoms with E-state index < -0.39 is 10.6 Å². The molecule has 0 saturated carbocycles. The lowest BCUT2D eigenvalue weighted by molar-refractivity contribution is -0.0979. The normalized spacial score (nSPS) is 20.2. The Labute approximate surface area is 193 Å². The van der Waals surface area contributed by atoms with E-state index in [1.807, 2.05) is 35.2 Å². The summed E-state index contributed by atoms with van der Waals surface area (Å²) in [6, 6.07) is 13.0. The van der Waals surface area contributed by atoms with Gasteiger partial charge in [0.2, 0.25) is 5.95 Å². The average molecular weight is 476 g/mol. The molecule has 1 fully saturated rings. The quantitative estimate of drug-likeness (QED) is 0.440. The van der Waals surface area contributed by atoms with Crippen LogP contribution in [0.25, 0.3) is 10.9 Å². The Balaban J connectivity index is 1.52. The van der Waals surface area contributed by atoms with Gasteiger partial charge in [0, 0.05) is 42.0 Å². The molecule has 32 heavy (non-hydrogen) atoms. The minimum absolute atomic E-state index is 0.103. The van der Waals surface area contributed by atoms with Crippen molar-refractivity contribution in [3.8, 4) is 0 Å². The Morgan fingerprint density at radius 3 is 2.75 bits per heavy atom. The lowest BCUT2D eigenvalue weighted by Gasteiger charge is -2.40. The maximum atomic E-state index is 10.7. The number of nitrogens with zero attached hydrogens (tertiary/aromatic N) is 3. The van der Waals surface area contributed by atoms with Gasteiger partial charge >= 0.3 is 0 Å². The van der Waals surface area contributed by atoms with Gasteiger partial charge in [-0.1, -0.05) is 29.8 Å². The summed E-state index contributed by atoms with van der Waals surface area (Å²) in [6.45, 7) is 3.31. The van der Waals surface area contributed by atoms with E-state index in [1.54, 1.807) is 12.1 Å². The van der Waals surface area contributed by atoms with Crippen LogP contribution in [0.4, 0.5) is 11.8 Å². The molecule has 5 rings (SSSR count). The topological polar surface area (TPSA) is 117 Å². The highest BCUT2D eigenvalue weighted by atomic mass is 35.5. The summed E-state index contributed by atoms with van der Waals surface area (Å²) in [5.41, 5.74) is 7.50. The first-order valence-electron chi connectivity index (χ1n) is 10.5. The minimum atomic E-state index is -2.86. The predicted molar refractivity (Wildman–Crippen MR) is 129 cm³/mol. The lowest BCUT2D eigenvalue weighted by Crippen LogP contribution is -2.52. The van der Waals surface area contributed by atoms with Crippen LogP contribution in [0, 0.1) is 5.41 Å². The van der Waals surface area contributed by atoms with Crippen molar-refractivity contribution in [3.05, 3.63) is 53.1 Å². The SMILES string of the molecule is NCC1(CNc2nc(N3CCS(O)(O)c4ccccc4C3)nc3ccc(Cl)cc23)COC1. The molecule has 0 aliphatic carbocycles. The van der Waals surface area contributed by atoms with Crippen molar-refractivity contribution in [2.24, 2.45) is 11.1 Å². The fourth-order valence-corrected chi connectivity index (χ4v) is 5.79. The molecule has 0 unspecified atom stereocenters. The van der Waals surface area contributed by atoms with Gasteiger partial charge in [-0.05, 0) is 29.8 Å². The monoisotopic (exact) mass is 475 g/mol. The number of hydrogen-bond acceptors (Lipinski definition) is 8. The number of fused-ring (bicyclic) bond motifs is 2. The standard InChI is InChI=1S/C22H26ClN5O3S/c23-16-5-6-18-17(9-16)20(25-12-22(11-24)13-31-14-22)27-21(26-18)28-7-8-32(29,30)19-4-2-1-3-15(19)10-28/h1-6,9,29-30H,7-8,10-14,24H2,(H,25,26,27). The molecule has 2 aliphatic rings. The fourth-order valence-electron chi connectivity index (χ4n) is 4.07. The van der Waals surface area contributed by atoms with Crippen molar-refractivity contribution < 1.29 is 13.8 Å². The second kappa shape index (κ2) is 8.33. The molecule has 170 valence electrons. The molecule has 1 aromatic heterocycles. The van der Waals surface area contributed by atoms with Crippen molar-refractivity contribution >= 4 is 44.9 Å². The van der Waals surface area contributed by atoms with Crippen molar-refractivity contribution in [1.82, 2.24) is 9.97 Å². The smallest absolute Gasteiger partial charge is 0.228 e. The molecule has 3 heterocycles. The number of rotatable bonds is 5. The third kappa shape index (κ3) is 4.00. The average Bonchev–Trinajstić information content (AvgIpc) is 2.89. The van der Waals surface area contributed by atoms with Crippen LogP contribution in [0.3, 0.4) is 0 Å². The van der Waals surface area contributed by atoms with Gasteiger partial charge in [0.15, 0.2) is 0 Å². The van der Waals surface area contributed by atoms with E-state index in [-0.39, 0.29) is 11.2 Å². The number of halogens is 1. The van der Waals surface area contributed by atoms with Crippen molar-refractivity contribution in [2.45, 2.75) is 11.4 Å². The van der Waals surface area contributed by atoms with Crippen LogP contribution in [0.15, 0.2) is 47.4 Å². The van der Waals surface area contributed by atoms with Crippen LogP contribution >= 0.6 is 22.2 Å². The second-order valence-electron chi connectivity index (χ2n) is 8.48. The third-order valence-electron chi connectivity index (χ3n) is 6.14. The van der Waals surface area contributed by atoms with Gasteiger partial charge in [0.1, 0.15) is 5.82 Å². The molecule has 0 amide bonds. The number of nitrogens with one attached hydrogen (secondary N) is 1. The molecule has 0 radical (unpaired) electrons. The van der Waals surface area contributed by atoms with Crippen LogP contribution in [-0.2, 0) is 11.3 Å².